The summed E-state index contributed by atoms with van der Waals surface area (Å²) >= 11 is 0. The molecule has 19 heavy (non-hydrogen) atoms. The lowest BCUT2D eigenvalue weighted by molar-refractivity contribution is -0.136. The Balaban J connectivity index is 1.84. The number of carbonyl (C=O) groups is 1. The fourth-order valence-electron chi connectivity index (χ4n) is 3.34. The second-order valence-corrected chi connectivity index (χ2v) is 6.08. The topological polar surface area (TPSA) is 43.8 Å². The van der Waals surface area contributed by atoms with E-state index in [1.807, 2.05) is 0 Å². The van der Waals surface area contributed by atoms with Crippen LogP contribution in [0.1, 0.15) is 45.4 Å². The van der Waals surface area contributed by atoms with Crippen LogP contribution in [0.5, 0.6) is 0 Å². The summed E-state index contributed by atoms with van der Waals surface area (Å²) in [6, 6.07) is 0.0155. The standard InChI is InChI=1S/C15H28N2O2/c1-13(17-10-6-14(12-17)7-11-18)15(19)16-8-4-2-3-5-9-16/h13-14,18H,2-12H2,1H3. The molecule has 2 aliphatic rings. The van der Waals surface area contributed by atoms with Crippen LogP contribution in [0.2, 0.25) is 0 Å². The van der Waals surface area contributed by atoms with E-state index < -0.39 is 0 Å². The zero-order chi connectivity index (χ0) is 13.7. The largest absolute Gasteiger partial charge is 0.396 e. The molecule has 2 heterocycles. The van der Waals surface area contributed by atoms with Crippen LogP contribution in [0.4, 0.5) is 0 Å². The van der Waals surface area contributed by atoms with Crippen LogP contribution in [-0.4, -0.2) is 59.6 Å². The molecule has 2 atom stereocenters. The van der Waals surface area contributed by atoms with Gasteiger partial charge < -0.3 is 10.0 Å². The molecule has 2 aliphatic heterocycles. The normalized spacial score (nSPS) is 27.3. The van der Waals surface area contributed by atoms with Gasteiger partial charge in [-0.15, -0.1) is 0 Å². The van der Waals surface area contributed by atoms with Crippen molar-refractivity contribution in [2.24, 2.45) is 5.92 Å². The molecule has 0 radical (unpaired) electrons. The van der Waals surface area contributed by atoms with Crippen molar-refractivity contribution in [2.75, 3.05) is 32.8 Å². The Morgan fingerprint density at radius 3 is 2.53 bits per heavy atom. The van der Waals surface area contributed by atoms with E-state index >= 15 is 0 Å². The molecule has 2 rings (SSSR count). The Morgan fingerprint density at radius 1 is 1.21 bits per heavy atom. The van der Waals surface area contributed by atoms with Crippen LogP contribution in [-0.2, 0) is 4.79 Å². The third kappa shape index (κ3) is 3.93. The molecule has 4 heteroatoms. The number of hydrogen-bond donors (Lipinski definition) is 1. The van der Waals surface area contributed by atoms with Crippen LogP contribution in [0.3, 0.4) is 0 Å². The van der Waals surface area contributed by atoms with Gasteiger partial charge in [0.25, 0.3) is 0 Å². The summed E-state index contributed by atoms with van der Waals surface area (Å²) in [5, 5.41) is 9.00. The molecule has 0 aromatic heterocycles. The molecule has 4 nitrogen and oxygen atoms in total. The average Bonchev–Trinajstić information content (AvgIpc) is 2.72. The van der Waals surface area contributed by atoms with Crippen molar-refractivity contribution in [3.05, 3.63) is 0 Å². The van der Waals surface area contributed by atoms with Crippen LogP contribution in [0.25, 0.3) is 0 Å². The fourth-order valence-corrected chi connectivity index (χ4v) is 3.34. The maximum atomic E-state index is 12.5. The molecule has 1 amide bonds. The average molecular weight is 268 g/mol. The van der Waals surface area contributed by atoms with E-state index in [2.05, 4.69) is 16.7 Å². The summed E-state index contributed by atoms with van der Waals surface area (Å²) < 4.78 is 0. The zero-order valence-electron chi connectivity index (χ0n) is 12.2. The second-order valence-electron chi connectivity index (χ2n) is 6.08. The van der Waals surface area contributed by atoms with Crippen molar-refractivity contribution < 1.29 is 9.90 Å². The highest BCUT2D eigenvalue weighted by Crippen LogP contribution is 2.22. The third-order valence-corrected chi connectivity index (χ3v) is 4.68. The lowest BCUT2D eigenvalue weighted by Gasteiger charge is -2.29. The third-order valence-electron chi connectivity index (χ3n) is 4.68. The Morgan fingerprint density at radius 2 is 1.89 bits per heavy atom. The van der Waals surface area contributed by atoms with Gasteiger partial charge in [-0.1, -0.05) is 12.8 Å². The Labute approximate surface area is 116 Å². The smallest absolute Gasteiger partial charge is 0.239 e. The van der Waals surface area contributed by atoms with Crippen molar-refractivity contribution in [3.8, 4) is 0 Å². The molecular formula is C15H28N2O2. The summed E-state index contributed by atoms with van der Waals surface area (Å²) in [5.74, 6) is 0.885. The summed E-state index contributed by atoms with van der Waals surface area (Å²) in [6.07, 6.45) is 6.84. The number of aliphatic hydroxyl groups excluding tert-OH is 1. The van der Waals surface area contributed by atoms with Crippen LogP contribution >= 0.6 is 0 Å². The molecule has 2 fully saturated rings. The van der Waals surface area contributed by atoms with Gasteiger partial charge in [0, 0.05) is 26.2 Å². The van der Waals surface area contributed by atoms with E-state index in [-0.39, 0.29) is 12.6 Å². The van der Waals surface area contributed by atoms with E-state index in [1.165, 1.54) is 12.8 Å². The molecule has 110 valence electrons. The van der Waals surface area contributed by atoms with Crippen molar-refractivity contribution in [3.63, 3.8) is 0 Å². The summed E-state index contributed by atoms with van der Waals surface area (Å²) in [4.78, 5) is 16.9. The summed E-state index contributed by atoms with van der Waals surface area (Å²) in [7, 11) is 0. The van der Waals surface area contributed by atoms with Gasteiger partial charge in [-0.3, -0.25) is 9.69 Å². The maximum absolute atomic E-state index is 12.5. The Kier molecular flexibility index (Phi) is 5.64. The number of nitrogens with zero attached hydrogens (tertiary/aromatic N) is 2. The highest BCUT2D eigenvalue weighted by molar-refractivity contribution is 5.81. The first-order chi connectivity index (χ1) is 9.22. The molecule has 0 aromatic carbocycles. The molecule has 0 saturated carbocycles. The minimum atomic E-state index is 0.0155. The van der Waals surface area contributed by atoms with Gasteiger partial charge in [-0.2, -0.15) is 0 Å². The number of aliphatic hydroxyl groups is 1. The molecule has 0 aliphatic carbocycles. The first kappa shape index (κ1) is 14.8. The van der Waals surface area contributed by atoms with Gasteiger partial charge in [-0.25, -0.2) is 0 Å². The number of hydrogen-bond acceptors (Lipinski definition) is 3. The zero-order valence-corrected chi connectivity index (χ0v) is 12.2. The number of rotatable bonds is 4. The van der Waals surface area contributed by atoms with Gasteiger partial charge in [0.15, 0.2) is 0 Å². The summed E-state index contributed by atoms with van der Waals surface area (Å²) in [5.41, 5.74) is 0. The lowest BCUT2D eigenvalue weighted by Crippen LogP contribution is -2.46. The van der Waals surface area contributed by atoms with Gasteiger partial charge in [0.1, 0.15) is 0 Å². The minimum absolute atomic E-state index is 0.0155. The highest BCUT2D eigenvalue weighted by Gasteiger charge is 2.31. The molecular weight excluding hydrogens is 240 g/mol. The van der Waals surface area contributed by atoms with E-state index in [0.29, 0.717) is 11.8 Å². The van der Waals surface area contributed by atoms with Crippen molar-refractivity contribution >= 4 is 5.91 Å². The predicted molar refractivity (Wildman–Crippen MR) is 75.9 cm³/mol. The van der Waals surface area contributed by atoms with E-state index in [4.69, 9.17) is 5.11 Å². The number of amides is 1. The first-order valence-electron chi connectivity index (χ1n) is 7.86. The van der Waals surface area contributed by atoms with E-state index in [9.17, 15) is 4.79 Å². The molecule has 0 bridgehead atoms. The maximum Gasteiger partial charge on any atom is 0.239 e. The number of likely N-dealkylation sites (tertiary alicyclic amines) is 2. The van der Waals surface area contributed by atoms with Gasteiger partial charge in [0.05, 0.1) is 6.04 Å². The monoisotopic (exact) mass is 268 g/mol. The first-order valence-corrected chi connectivity index (χ1v) is 7.86. The van der Waals surface area contributed by atoms with Gasteiger partial charge in [0.2, 0.25) is 5.91 Å². The molecule has 0 spiro atoms. The molecule has 0 aromatic rings. The lowest BCUT2D eigenvalue weighted by atomic mass is 10.1. The van der Waals surface area contributed by atoms with Crippen molar-refractivity contribution in [1.82, 2.24) is 9.80 Å². The van der Waals surface area contributed by atoms with Crippen molar-refractivity contribution in [1.29, 1.82) is 0 Å². The molecule has 2 unspecified atom stereocenters. The predicted octanol–water partition coefficient (Wildman–Crippen LogP) is 1.48. The van der Waals surface area contributed by atoms with Crippen LogP contribution in [0.15, 0.2) is 0 Å². The number of carbonyl (C=O) groups excluding carboxylic acids is 1. The Bertz CT molecular complexity index is 288. The molecule has 1 N–H and O–H groups in total. The SMILES string of the molecule is CC(C(=O)N1CCCCCC1)N1CCC(CCO)C1. The Hall–Kier alpha value is -0.610. The van der Waals surface area contributed by atoms with E-state index in [0.717, 1.165) is 51.9 Å². The quantitative estimate of drug-likeness (QED) is 0.840. The van der Waals surface area contributed by atoms with Gasteiger partial charge in [-0.05, 0) is 45.1 Å². The van der Waals surface area contributed by atoms with Crippen LogP contribution in [0, 0.1) is 5.92 Å². The van der Waals surface area contributed by atoms with Gasteiger partial charge >= 0.3 is 0 Å². The van der Waals surface area contributed by atoms with E-state index in [1.54, 1.807) is 0 Å². The molecule has 2 saturated heterocycles. The highest BCUT2D eigenvalue weighted by atomic mass is 16.3. The fraction of sp³-hybridized carbons (Fsp3) is 0.933. The van der Waals surface area contributed by atoms with Crippen LogP contribution < -0.4 is 0 Å². The minimum Gasteiger partial charge on any atom is -0.396 e. The second kappa shape index (κ2) is 7.25. The summed E-state index contributed by atoms with van der Waals surface area (Å²) in [6.45, 7) is 6.18. The van der Waals surface area contributed by atoms with Crippen molar-refractivity contribution in [2.45, 2.75) is 51.5 Å².